The summed E-state index contributed by atoms with van der Waals surface area (Å²) in [5, 5.41) is 3.37. The monoisotopic (exact) mass is 298 g/mol. The summed E-state index contributed by atoms with van der Waals surface area (Å²) in [6.45, 7) is 7.49. The lowest BCUT2D eigenvalue weighted by atomic mass is 10.1. The fraction of sp³-hybridized carbons (Fsp3) is 0.538. The molecule has 94 valence electrons. The molecule has 0 unspecified atom stereocenters. The van der Waals surface area contributed by atoms with E-state index in [0.717, 1.165) is 38.5 Å². The highest BCUT2D eigenvalue weighted by atomic mass is 79.9. The molecule has 1 heterocycles. The number of halogens is 1. The average molecular weight is 299 g/mol. The fourth-order valence-electron chi connectivity index (χ4n) is 2.15. The molecule has 17 heavy (non-hydrogen) atoms. The van der Waals surface area contributed by atoms with Gasteiger partial charge in [0.05, 0.1) is 7.11 Å². The molecule has 0 atom stereocenters. The molecule has 2 rings (SSSR count). The first-order valence-corrected chi connectivity index (χ1v) is 6.76. The van der Waals surface area contributed by atoms with Crippen molar-refractivity contribution in [2.45, 2.75) is 13.5 Å². The summed E-state index contributed by atoms with van der Waals surface area (Å²) in [5.41, 5.74) is 2.54. The molecule has 0 aliphatic carbocycles. The van der Waals surface area contributed by atoms with Crippen molar-refractivity contribution in [3.8, 4) is 5.75 Å². The summed E-state index contributed by atoms with van der Waals surface area (Å²) >= 11 is 3.67. The zero-order valence-electron chi connectivity index (χ0n) is 10.4. The Hall–Kier alpha value is -0.580. The summed E-state index contributed by atoms with van der Waals surface area (Å²) in [6, 6.07) is 4.18. The van der Waals surface area contributed by atoms with Gasteiger partial charge in [-0.05, 0) is 30.2 Å². The Bertz CT molecular complexity index is 389. The number of aryl methyl sites for hydroxylation is 1. The van der Waals surface area contributed by atoms with Crippen LogP contribution in [0.1, 0.15) is 11.1 Å². The second-order valence-corrected chi connectivity index (χ2v) is 5.24. The number of hydrogen-bond acceptors (Lipinski definition) is 3. The van der Waals surface area contributed by atoms with Gasteiger partial charge in [0.15, 0.2) is 0 Å². The van der Waals surface area contributed by atoms with E-state index in [1.807, 2.05) is 0 Å². The van der Waals surface area contributed by atoms with Crippen molar-refractivity contribution in [2.75, 3.05) is 33.3 Å². The van der Waals surface area contributed by atoms with Crippen LogP contribution in [0, 0.1) is 6.92 Å². The highest BCUT2D eigenvalue weighted by molar-refractivity contribution is 9.10. The summed E-state index contributed by atoms with van der Waals surface area (Å²) in [5.74, 6) is 0.941. The predicted octanol–water partition coefficient (Wildman–Crippen LogP) is 2.17. The van der Waals surface area contributed by atoms with Gasteiger partial charge in [0, 0.05) is 37.2 Å². The van der Waals surface area contributed by atoms with Crippen LogP contribution in [-0.2, 0) is 6.54 Å². The van der Waals surface area contributed by atoms with Crippen LogP contribution < -0.4 is 10.1 Å². The van der Waals surface area contributed by atoms with E-state index in [-0.39, 0.29) is 0 Å². The number of nitrogens with zero attached hydrogens (tertiary/aromatic N) is 1. The van der Waals surface area contributed by atoms with E-state index in [1.54, 1.807) is 7.11 Å². The van der Waals surface area contributed by atoms with Gasteiger partial charge in [-0.1, -0.05) is 15.9 Å². The number of rotatable bonds is 3. The molecule has 0 aromatic heterocycles. The molecule has 4 heteroatoms. The molecule has 3 nitrogen and oxygen atoms in total. The molecule has 0 saturated carbocycles. The van der Waals surface area contributed by atoms with Gasteiger partial charge in [-0.15, -0.1) is 0 Å². The van der Waals surface area contributed by atoms with Crippen LogP contribution in [0.25, 0.3) is 0 Å². The molecule has 1 aromatic carbocycles. The molecule has 0 amide bonds. The van der Waals surface area contributed by atoms with Gasteiger partial charge in [-0.25, -0.2) is 0 Å². The van der Waals surface area contributed by atoms with E-state index < -0.39 is 0 Å². The van der Waals surface area contributed by atoms with E-state index in [9.17, 15) is 0 Å². The fourth-order valence-corrected chi connectivity index (χ4v) is 2.50. The smallest absolute Gasteiger partial charge is 0.119 e. The van der Waals surface area contributed by atoms with Gasteiger partial charge < -0.3 is 10.1 Å². The Morgan fingerprint density at radius 1 is 1.35 bits per heavy atom. The molecule has 1 aromatic rings. The van der Waals surface area contributed by atoms with Crippen molar-refractivity contribution in [2.24, 2.45) is 0 Å². The highest BCUT2D eigenvalue weighted by Gasteiger charge is 2.13. The van der Waals surface area contributed by atoms with E-state index >= 15 is 0 Å². The third kappa shape index (κ3) is 3.21. The number of hydrogen-bond donors (Lipinski definition) is 1. The lowest BCUT2D eigenvalue weighted by molar-refractivity contribution is 0.232. The van der Waals surface area contributed by atoms with Gasteiger partial charge in [0.25, 0.3) is 0 Å². The van der Waals surface area contributed by atoms with Crippen molar-refractivity contribution < 1.29 is 4.74 Å². The quantitative estimate of drug-likeness (QED) is 0.926. The van der Waals surface area contributed by atoms with Crippen LogP contribution in [0.3, 0.4) is 0 Å². The van der Waals surface area contributed by atoms with Crippen molar-refractivity contribution >= 4 is 15.9 Å². The van der Waals surface area contributed by atoms with Crippen LogP contribution in [0.4, 0.5) is 0 Å². The third-order valence-corrected chi connectivity index (χ3v) is 4.28. The van der Waals surface area contributed by atoms with Crippen molar-refractivity contribution in [3.05, 3.63) is 27.7 Å². The Labute approximate surface area is 111 Å². The second-order valence-electron chi connectivity index (χ2n) is 4.44. The normalized spacial score (nSPS) is 17.1. The molecule has 0 radical (unpaired) electrons. The Kier molecular flexibility index (Phi) is 4.42. The summed E-state index contributed by atoms with van der Waals surface area (Å²) in [6.07, 6.45) is 0. The summed E-state index contributed by atoms with van der Waals surface area (Å²) in [7, 11) is 1.72. The standard InChI is InChI=1S/C13H19BrN2O/c1-10-7-12(17-2)8-11(13(10)14)9-16-5-3-15-4-6-16/h7-8,15H,3-6,9H2,1-2H3. The van der Waals surface area contributed by atoms with E-state index in [2.05, 4.69) is 45.2 Å². The second kappa shape index (κ2) is 5.85. The van der Waals surface area contributed by atoms with Crippen LogP contribution >= 0.6 is 15.9 Å². The zero-order chi connectivity index (χ0) is 12.3. The topological polar surface area (TPSA) is 24.5 Å². The first-order chi connectivity index (χ1) is 8.20. The lowest BCUT2D eigenvalue weighted by Gasteiger charge is -2.27. The van der Waals surface area contributed by atoms with E-state index in [1.165, 1.54) is 15.6 Å². The molecule has 1 saturated heterocycles. The van der Waals surface area contributed by atoms with Crippen molar-refractivity contribution in [1.29, 1.82) is 0 Å². The van der Waals surface area contributed by atoms with Crippen LogP contribution in [0.5, 0.6) is 5.75 Å². The zero-order valence-corrected chi connectivity index (χ0v) is 12.0. The first-order valence-electron chi connectivity index (χ1n) is 5.97. The van der Waals surface area contributed by atoms with Crippen LogP contribution in [-0.4, -0.2) is 38.2 Å². The maximum absolute atomic E-state index is 5.33. The number of piperazine rings is 1. The van der Waals surface area contributed by atoms with Crippen molar-refractivity contribution in [3.63, 3.8) is 0 Å². The molecule has 1 aliphatic heterocycles. The lowest BCUT2D eigenvalue weighted by Crippen LogP contribution is -2.42. The SMILES string of the molecule is COc1cc(C)c(Br)c(CN2CCNCC2)c1. The largest absolute Gasteiger partial charge is 0.497 e. The molecule has 0 spiro atoms. The van der Waals surface area contributed by atoms with Crippen LogP contribution in [0.15, 0.2) is 16.6 Å². The minimum atomic E-state index is 0.941. The molecule has 1 fully saturated rings. The van der Waals surface area contributed by atoms with Gasteiger partial charge in [0.1, 0.15) is 5.75 Å². The number of benzene rings is 1. The van der Waals surface area contributed by atoms with Gasteiger partial charge in [0.2, 0.25) is 0 Å². The molecular weight excluding hydrogens is 280 g/mol. The van der Waals surface area contributed by atoms with Gasteiger partial charge in [-0.2, -0.15) is 0 Å². The maximum atomic E-state index is 5.33. The number of ether oxygens (including phenoxy) is 1. The minimum Gasteiger partial charge on any atom is -0.497 e. The third-order valence-electron chi connectivity index (χ3n) is 3.14. The molecule has 0 bridgehead atoms. The molecular formula is C13H19BrN2O. The maximum Gasteiger partial charge on any atom is 0.119 e. The summed E-state index contributed by atoms with van der Waals surface area (Å²) in [4.78, 5) is 2.47. The summed E-state index contributed by atoms with van der Waals surface area (Å²) < 4.78 is 6.53. The predicted molar refractivity (Wildman–Crippen MR) is 73.6 cm³/mol. The first kappa shape index (κ1) is 12.9. The Morgan fingerprint density at radius 2 is 2.06 bits per heavy atom. The Balaban J connectivity index is 2.15. The molecule has 1 N–H and O–H groups in total. The number of methoxy groups -OCH3 is 1. The van der Waals surface area contributed by atoms with Crippen LogP contribution in [0.2, 0.25) is 0 Å². The van der Waals surface area contributed by atoms with E-state index in [0.29, 0.717) is 0 Å². The van der Waals surface area contributed by atoms with Crippen molar-refractivity contribution in [1.82, 2.24) is 10.2 Å². The molecule has 1 aliphatic rings. The van der Waals surface area contributed by atoms with E-state index in [4.69, 9.17) is 4.74 Å². The average Bonchev–Trinajstić information content (AvgIpc) is 2.36. The van der Waals surface area contributed by atoms with Gasteiger partial charge in [-0.3, -0.25) is 4.90 Å². The van der Waals surface area contributed by atoms with Gasteiger partial charge >= 0.3 is 0 Å². The highest BCUT2D eigenvalue weighted by Crippen LogP contribution is 2.28. The number of nitrogens with one attached hydrogen (secondary N) is 1. The Morgan fingerprint density at radius 3 is 2.71 bits per heavy atom. The minimum absolute atomic E-state index is 0.941.